The molecule has 31 heavy (non-hydrogen) atoms. The molecule has 0 spiro atoms. The molecule has 1 aliphatic rings. The molecule has 1 aliphatic heterocycles. The number of aromatic nitrogens is 1. The number of amides is 1. The van der Waals surface area contributed by atoms with Gasteiger partial charge in [0.1, 0.15) is 4.83 Å². The van der Waals surface area contributed by atoms with Crippen molar-refractivity contribution in [2.75, 3.05) is 7.05 Å². The number of carbonyl (C=O) groups excluding carboxylic acids is 2. The third kappa shape index (κ3) is 3.91. The van der Waals surface area contributed by atoms with Gasteiger partial charge in [-0.15, -0.1) is 11.3 Å². The second-order valence-corrected chi connectivity index (χ2v) is 8.74. The van der Waals surface area contributed by atoms with Gasteiger partial charge >= 0.3 is 0 Å². The first-order valence-corrected chi connectivity index (χ1v) is 11.1. The van der Waals surface area contributed by atoms with Crippen LogP contribution in [-0.2, 0) is 16.1 Å². The highest BCUT2D eigenvalue weighted by Crippen LogP contribution is 2.43. The summed E-state index contributed by atoms with van der Waals surface area (Å²) in [5, 5.41) is 6.29. The summed E-state index contributed by atoms with van der Waals surface area (Å²) in [5.41, 5.74) is 4.82. The molecule has 1 amide bonds. The average Bonchev–Trinajstić information content (AvgIpc) is 3.17. The molecule has 3 heterocycles. The Kier molecular flexibility index (Phi) is 5.74. The highest BCUT2D eigenvalue weighted by Gasteiger charge is 2.37. The van der Waals surface area contributed by atoms with Crippen LogP contribution in [0.25, 0.3) is 10.2 Å². The number of nitrogens with one attached hydrogen (secondary N) is 1. The van der Waals surface area contributed by atoms with E-state index in [1.54, 1.807) is 25.1 Å². The molecule has 0 saturated carbocycles. The monoisotopic (exact) mass is 431 g/mol. The van der Waals surface area contributed by atoms with Gasteiger partial charge in [-0.1, -0.05) is 36.4 Å². The van der Waals surface area contributed by atoms with Gasteiger partial charge in [-0.3, -0.25) is 9.59 Å². The van der Waals surface area contributed by atoms with Crippen molar-refractivity contribution >= 4 is 33.2 Å². The molecule has 0 fully saturated rings. The predicted molar refractivity (Wildman–Crippen MR) is 124 cm³/mol. The topological polar surface area (TPSA) is 62.3 Å². The Morgan fingerprint density at radius 2 is 1.77 bits per heavy atom. The fraction of sp³-hybridized carbons (Fsp3) is 0.240. The van der Waals surface area contributed by atoms with E-state index in [2.05, 4.69) is 10.3 Å². The number of benzene rings is 1. The fourth-order valence-corrected chi connectivity index (χ4v) is 5.24. The first-order chi connectivity index (χ1) is 14.9. The number of allylic oxidation sites excluding steroid dienone is 3. The summed E-state index contributed by atoms with van der Waals surface area (Å²) in [7, 11) is 1.80. The summed E-state index contributed by atoms with van der Waals surface area (Å²) in [4.78, 5) is 33.5. The van der Waals surface area contributed by atoms with E-state index in [1.807, 2.05) is 61.7 Å². The lowest BCUT2D eigenvalue weighted by molar-refractivity contribution is -0.126. The number of hydrogen-bond donors (Lipinski definition) is 1. The highest BCUT2D eigenvalue weighted by atomic mass is 32.1. The predicted octanol–water partition coefficient (Wildman–Crippen LogP) is 4.78. The van der Waals surface area contributed by atoms with E-state index >= 15 is 0 Å². The smallest absolute Gasteiger partial charge is 0.252 e. The number of pyridine rings is 1. The van der Waals surface area contributed by atoms with Crippen LogP contribution in [0.5, 0.6) is 0 Å². The second kappa shape index (κ2) is 8.47. The lowest BCUT2D eigenvalue weighted by atomic mass is 9.78. The minimum absolute atomic E-state index is 0.0400. The number of Topliss-reactive ketones (excluding diaryl/α,β-unsaturated/α-hetero) is 1. The number of fused-ring (bicyclic) bond motifs is 1. The molecular weight excluding hydrogens is 406 g/mol. The molecule has 1 unspecified atom stereocenters. The molecule has 0 bridgehead atoms. The maximum atomic E-state index is 13.7. The van der Waals surface area contributed by atoms with E-state index in [0.717, 1.165) is 32.7 Å². The molecule has 0 radical (unpaired) electrons. The number of hydrogen-bond acceptors (Lipinski definition) is 5. The lowest BCUT2D eigenvalue weighted by Gasteiger charge is -2.32. The minimum Gasteiger partial charge on any atom is -0.362 e. The Bertz CT molecular complexity index is 1220. The molecule has 158 valence electrons. The Morgan fingerprint density at radius 3 is 2.48 bits per heavy atom. The molecule has 2 aromatic heterocycles. The molecule has 1 aromatic carbocycles. The zero-order chi connectivity index (χ0) is 22.1. The summed E-state index contributed by atoms with van der Waals surface area (Å²) in [5.74, 6) is -0.558. The van der Waals surface area contributed by atoms with Crippen molar-refractivity contribution in [2.24, 2.45) is 0 Å². The van der Waals surface area contributed by atoms with Gasteiger partial charge in [0.25, 0.3) is 5.91 Å². The SMILES string of the molecule is CC(=O)C1=C(C)NC(C)=C(C(=O)N(C)Cc2ccccc2)C1c1csc2ncccc12. The standard InChI is InChI=1S/C25H25N3O2S/c1-15-21(17(3)29)23(20-14-31-24-19(20)11-8-12-26-24)22(16(2)27-15)25(30)28(4)13-18-9-6-5-7-10-18/h5-12,14,23,27H,13H2,1-4H3. The van der Waals surface area contributed by atoms with E-state index in [-0.39, 0.29) is 11.7 Å². The third-order valence-electron chi connectivity index (χ3n) is 5.67. The van der Waals surface area contributed by atoms with Gasteiger partial charge in [0.15, 0.2) is 5.78 Å². The van der Waals surface area contributed by atoms with E-state index in [1.165, 1.54) is 11.3 Å². The van der Waals surface area contributed by atoms with Crippen molar-refractivity contribution in [2.45, 2.75) is 33.2 Å². The minimum atomic E-state index is -0.428. The van der Waals surface area contributed by atoms with Crippen LogP contribution in [0.3, 0.4) is 0 Å². The van der Waals surface area contributed by atoms with Crippen LogP contribution in [0.4, 0.5) is 0 Å². The summed E-state index contributed by atoms with van der Waals surface area (Å²) in [6, 6.07) is 13.8. The zero-order valence-electron chi connectivity index (χ0n) is 18.1. The van der Waals surface area contributed by atoms with E-state index < -0.39 is 5.92 Å². The van der Waals surface area contributed by atoms with Crippen molar-refractivity contribution in [1.82, 2.24) is 15.2 Å². The molecule has 0 saturated heterocycles. The molecular formula is C25H25N3O2S. The summed E-state index contributed by atoms with van der Waals surface area (Å²) in [6.45, 7) is 5.86. The average molecular weight is 432 g/mol. The van der Waals surface area contributed by atoms with Crippen molar-refractivity contribution in [3.63, 3.8) is 0 Å². The number of nitrogens with zero attached hydrogens (tertiary/aromatic N) is 2. The van der Waals surface area contributed by atoms with Crippen LogP contribution in [0.15, 0.2) is 76.6 Å². The number of thiophene rings is 1. The summed E-state index contributed by atoms with van der Waals surface area (Å²) in [6.07, 6.45) is 1.76. The Morgan fingerprint density at radius 1 is 1.06 bits per heavy atom. The number of rotatable bonds is 5. The zero-order valence-corrected chi connectivity index (χ0v) is 18.9. The quantitative estimate of drug-likeness (QED) is 0.632. The number of carbonyl (C=O) groups is 2. The van der Waals surface area contributed by atoms with Crippen molar-refractivity contribution in [3.05, 3.63) is 87.7 Å². The third-order valence-corrected chi connectivity index (χ3v) is 6.59. The summed E-state index contributed by atoms with van der Waals surface area (Å²) < 4.78 is 0. The molecule has 4 rings (SSSR count). The van der Waals surface area contributed by atoms with Crippen LogP contribution in [0.2, 0.25) is 0 Å². The van der Waals surface area contributed by atoms with Gasteiger partial charge in [0.05, 0.1) is 0 Å². The van der Waals surface area contributed by atoms with Gasteiger partial charge in [-0.05, 0) is 43.3 Å². The van der Waals surface area contributed by atoms with Crippen LogP contribution < -0.4 is 5.32 Å². The van der Waals surface area contributed by atoms with Gasteiger partial charge in [-0.25, -0.2) is 4.98 Å². The van der Waals surface area contributed by atoms with Gasteiger partial charge < -0.3 is 10.2 Å². The second-order valence-electron chi connectivity index (χ2n) is 7.89. The Balaban J connectivity index is 1.81. The first kappa shape index (κ1) is 21.0. The highest BCUT2D eigenvalue weighted by molar-refractivity contribution is 7.16. The first-order valence-electron chi connectivity index (χ1n) is 10.2. The normalized spacial score (nSPS) is 16.5. The van der Waals surface area contributed by atoms with Crippen molar-refractivity contribution in [3.8, 4) is 0 Å². The maximum Gasteiger partial charge on any atom is 0.252 e. The number of likely N-dealkylation sites (N-methyl/N-ethyl adjacent to an activating group) is 1. The van der Waals surface area contributed by atoms with Crippen LogP contribution in [0.1, 0.15) is 37.8 Å². The van der Waals surface area contributed by atoms with Crippen LogP contribution in [-0.4, -0.2) is 28.6 Å². The van der Waals surface area contributed by atoms with Crippen LogP contribution >= 0.6 is 11.3 Å². The molecule has 6 heteroatoms. The van der Waals surface area contributed by atoms with Gasteiger partial charge in [-0.2, -0.15) is 0 Å². The van der Waals surface area contributed by atoms with E-state index in [0.29, 0.717) is 17.7 Å². The molecule has 1 atom stereocenters. The van der Waals surface area contributed by atoms with Crippen molar-refractivity contribution in [1.29, 1.82) is 0 Å². The number of ketones is 1. The van der Waals surface area contributed by atoms with Crippen molar-refractivity contribution < 1.29 is 9.59 Å². The molecule has 3 aromatic rings. The molecule has 5 nitrogen and oxygen atoms in total. The van der Waals surface area contributed by atoms with Gasteiger partial charge in [0, 0.05) is 53.6 Å². The van der Waals surface area contributed by atoms with Crippen LogP contribution in [0, 0.1) is 0 Å². The number of dihydropyridines is 1. The Hall–Kier alpha value is -3.25. The largest absolute Gasteiger partial charge is 0.362 e. The Labute approximate surface area is 186 Å². The van der Waals surface area contributed by atoms with E-state index in [9.17, 15) is 9.59 Å². The summed E-state index contributed by atoms with van der Waals surface area (Å²) >= 11 is 1.54. The molecule has 0 aliphatic carbocycles. The fourth-order valence-electron chi connectivity index (χ4n) is 4.30. The molecule has 1 N–H and O–H groups in total. The maximum absolute atomic E-state index is 13.7. The van der Waals surface area contributed by atoms with E-state index in [4.69, 9.17) is 0 Å². The lowest BCUT2D eigenvalue weighted by Crippen LogP contribution is -2.36. The van der Waals surface area contributed by atoms with Gasteiger partial charge in [0.2, 0.25) is 0 Å².